The zero-order valence-corrected chi connectivity index (χ0v) is 20.9. The molecule has 1 unspecified atom stereocenters. The lowest BCUT2D eigenvalue weighted by atomic mass is 9.95. The molecule has 2 aliphatic rings. The Kier molecular flexibility index (Phi) is 8.11. The molecule has 1 aliphatic carbocycles. The number of cyclic esters (lactones) is 2. The molecule has 9 heteroatoms. The largest absolute Gasteiger partial charge is 0.507 e. The number of carbonyl (C=O) groups is 4. The van der Waals surface area contributed by atoms with Gasteiger partial charge in [0.2, 0.25) is 12.0 Å². The van der Waals surface area contributed by atoms with Crippen LogP contribution < -0.4 is 10.6 Å². The molecule has 1 heterocycles. The van der Waals surface area contributed by atoms with Crippen LogP contribution in [0.2, 0.25) is 0 Å². The normalized spacial score (nSPS) is 27.1. The van der Waals surface area contributed by atoms with E-state index in [0.717, 1.165) is 18.4 Å². The number of ether oxygens (including phenoxy) is 2. The summed E-state index contributed by atoms with van der Waals surface area (Å²) in [6, 6.07) is 13.8. The number of nitrogens with one attached hydrogen (secondary N) is 2. The molecule has 0 bridgehead atoms. The summed E-state index contributed by atoms with van der Waals surface area (Å²) in [6.07, 6.45) is 0.0737. The molecule has 2 fully saturated rings. The highest BCUT2D eigenvalue weighted by atomic mass is 16.6. The first kappa shape index (κ1) is 26.2. The first-order valence-corrected chi connectivity index (χ1v) is 12.6. The minimum atomic E-state index is -1.25. The molecule has 1 aliphatic heterocycles. The number of benzene rings is 2. The van der Waals surface area contributed by atoms with E-state index in [1.807, 2.05) is 30.3 Å². The van der Waals surface area contributed by atoms with E-state index in [9.17, 15) is 24.3 Å². The van der Waals surface area contributed by atoms with Crippen LogP contribution in [0.1, 0.15) is 49.0 Å². The van der Waals surface area contributed by atoms with E-state index in [4.69, 9.17) is 9.47 Å². The number of esters is 2. The quantitative estimate of drug-likeness (QED) is 0.529. The summed E-state index contributed by atoms with van der Waals surface area (Å²) < 4.78 is 11.2. The van der Waals surface area contributed by atoms with Crippen molar-refractivity contribution in [2.24, 2.45) is 11.8 Å². The van der Waals surface area contributed by atoms with Crippen LogP contribution in [-0.2, 0) is 30.3 Å². The van der Waals surface area contributed by atoms with Gasteiger partial charge in [0.05, 0.1) is 11.5 Å². The molecule has 5 atom stereocenters. The smallest absolute Gasteiger partial charge is 0.348 e. The molecular weight excluding hydrogens is 476 g/mol. The van der Waals surface area contributed by atoms with Gasteiger partial charge in [0.1, 0.15) is 17.9 Å². The van der Waals surface area contributed by atoms with E-state index >= 15 is 0 Å². The van der Waals surface area contributed by atoms with Crippen LogP contribution in [0, 0.1) is 11.8 Å². The molecular formula is C28H32N2O7. The summed E-state index contributed by atoms with van der Waals surface area (Å²) >= 11 is 0. The van der Waals surface area contributed by atoms with Crippen LogP contribution in [0.3, 0.4) is 0 Å². The number of aromatic hydroxyl groups is 1. The Morgan fingerprint density at radius 3 is 2.32 bits per heavy atom. The zero-order chi connectivity index (χ0) is 26.5. The van der Waals surface area contributed by atoms with Crippen molar-refractivity contribution in [2.75, 3.05) is 0 Å². The summed E-state index contributed by atoms with van der Waals surface area (Å²) in [4.78, 5) is 52.3. The van der Waals surface area contributed by atoms with Crippen molar-refractivity contribution in [3.05, 3.63) is 65.7 Å². The summed E-state index contributed by atoms with van der Waals surface area (Å²) in [7, 11) is 0. The van der Waals surface area contributed by atoms with E-state index in [0.29, 0.717) is 6.42 Å². The molecule has 3 N–H and O–H groups in total. The third-order valence-corrected chi connectivity index (χ3v) is 6.73. The highest BCUT2D eigenvalue weighted by Crippen LogP contribution is 2.36. The lowest BCUT2D eigenvalue weighted by Gasteiger charge is -2.30. The van der Waals surface area contributed by atoms with Gasteiger partial charge in [-0.05, 0) is 50.3 Å². The minimum absolute atomic E-state index is 0.0146. The first-order valence-electron chi connectivity index (χ1n) is 12.6. The van der Waals surface area contributed by atoms with Gasteiger partial charge in [0, 0.05) is 12.0 Å². The Morgan fingerprint density at radius 2 is 1.65 bits per heavy atom. The van der Waals surface area contributed by atoms with Crippen molar-refractivity contribution in [3.63, 3.8) is 0 Å². The van der Waals surface area contributed by atoms with Gasteiger partial charge < -0.3 is 25.2 Å². The van der Waals surface area contributed by atoms with Gasteiger partial charge in [0.15, 0.2) is 0 Å². The minimum Gasteiger partial charge on any atom is -0.507 e. The first-order chi connectivity index (χ1) is 17.7. The molecule has 1 saturated heterocycles. The molecule has 0 aromatic heterocycles. The molecule has 0 spiro atoms. The fraction of sp³-hybridized carbons (Fsp3) is 0.429. The molecule has 2 amide bonds. The van der Waals surface area contributed by atoms with Crippen molar-refractivity contribution in [1.82, 2.24) is 10.6 Å². The molecule has 2 aromatic carbocycles. The standard InChI is InChI=1S/C28H32N2O7/c1-16-14-20(15-18-8-4-3-5-9-18)29-26(33)23(30-25(32)21-10-6-7-11-22(21)31)17(2)36-28(35)24(19-12-13-19)37-27(16)34/h3-11,16-17,19-20,23-24,31H,12-15H2,1-2H3,(H,29,33)(H,30,32)/t16-,17-,20-,23+,24?/m1/s1. The van der Waals surface area contributed by atoms with Crippen LogP contribution in [-0.4, -0.2) is 53.2 Å². The van der Waals surface area contributed by atoms with Gasteiger partial charge >= 0.3 is 11.9 Å². The maximum atomic E-state index is 13.5. The van der Waals surface area contributed by atoms with Crippen molar-refractivity contribution in [3.8, 4) is 5.75 Å². The Labute approximate surface area is 215 Å². The number of hydrogen-bond acceptors (Lipinski definition) is 7. The summed E-state index contributed by atoms with van der Waals surface area (Å²) in [5.74, 6) is -3.46. The summed E-state index contributed by atoms with van der Waals surface area (Å²) in [6.45, 7) is 3.20. The van der Waals surface area contributed by atoms with Gasteiger partial charge in [0.25, 0.3) is 5.91 Å². The van der Waals surface area contributed by atoms with E-state index < -0.39 is 54.0 Å². The van der Waals surface area contributed by atoms with Crippen molar-refractivity contribution < 1.29 is 33.8 Å². The average Bonchev–Trinajstić information content (AvgIpc) is 3.70. The fourth-order valence-corrected chi connectivity index (χ4v) is 4.48. The number of para-hydroxylation sites is 1. The van der Waals surface area contributed by atoms with Crippen LogP contribution in [0.15, 0.2) is 54.6 Å². The zero-order valence-electron chi connectivity index (χ0n) is 20.9. The Bertz CT molecular complexity index is 1150. The highest BCUT2D eigenvalue weighted by molar-refractivity contribution is 5.99. The second-order valence-electron chi connectivity index (χ2n) is 9.84. The molecule has 4 rings (SSSR count). The average molecular weight is 509 g/mol. The van der Waals surface area contributed by atoms with Crippen LogP contribution in [0.5, 0.6) is 5.75 Å². The monoisotopic (exact) mass is 508 g/mol. The Hall–Kier alpha value is -3.88. The van der Waals surface area contributed by atoms with Gasteiger partial charge in [-0.15, -0.1) is 0 Å². The van der Waals surface area contributed by atoms with E-state index in [-0.39, 0.29) is 23.7 Å². The lowest BCUT2D eigenvalue weighted by molar-refractivity contribution is -0.176. The molecule has 1 saturated carbocycles. The van der Waals surface area contributed by atoms with E-state index in [2.05, 4.69) is 10.6 Å². The highest BCUT2D eigenvalue weighted by Gasteiger charge is 2.43. The second-order valence-corrected chi connectivity index (χ2v) is 9.84. The molecule has 9 nitrogen and oxygen atoms in total. The van der Waals surface area contributed by atoms with Crippen LogP contribution >= 0.6 is 0 Å². The van der Waals surface area contributed by atoms with E-state index in [1.165, 1.54) is 19.1 Å². The number of hydrogen-bond donors (Lipinski definition) is 3. The molecule has 37 heavy (non-hydrogen) atoms. The fourth-order valence-electron chi connectivity index (χ4n) is 4.48. The third kappa shape index (κ3) is 6.67. The van der Waals surface area contributed by atoms with Gasteiger partial charge in [-0.25, -0.2) is 4.79 Å². The van der Waals surface area contributed by atoms with Gasteiger partial charge in [-0.2, -0.15) is 0 Å². The Balaban J connectivity index is 1.62. The molecule has 196 valence electrons. The Morgan fingerprint density at radius 1 is 0.973 bits per heavy atom. The van der Waals surface area contributed by atoms with Gasteiger partial charge in [-0.3, -0.25) is 14.4 Å². The SMILES string of the molecule is C[C@@H]1C[C@H](Cc2ccccc2)NC(=O)[C@@H](NC(=O)c2ccccc2O)[C@@H](C)OC(=O)C(C2CC2)OC1=O. The lowest BCUT2D eigenvalue weighted by Crippen LogP contribution is -2.56. The maximum Gasteiger partial charge on any atom is 0.348 e. The number of carbonyl (C=O) groups excluding carboxylic acids is 4. The van der Waals surface area contributed by atoms with Crippen molar-refractivity contribution >= 4 is 23.8 Å². The number of phenolic OH excluding ortho intramolecular Hbond substituents is 1. The summed E-state index contributed by atoms with van der Waals surface area (Å²) in [5.41, 5.74) is 0.949. The number of amides is 2. The van der Waals surface area contributed by atoms with Crippen LogP contribution in [0.4, 0.5) is 0 Å². The predicted molar refractivity (Wildman–Crippen MR) is 133 cm³/mol. The molecule has 2 aromatic rings. The summed E-state index contributed by atoms with van der Waals surface area (Å²) in [5, 5.41) is 15.7. The van der Waals surface area contributed by atoms with E-state index in [1.54, 1.807) is 19.1 Å². The topological polar surface area (TPSA) is 131 Å². The number of rotatable bonds is 5. The van der Waals surface area contributed by atoms with Crippen molar-refractivity contribution in [2.45, 2.75) is 63.8 Å². The maximum absolute atomic E-state index is 13.5. The predicted octanol–water partition coefficient (Wildman–Crippen LogP) is 2.51. The third-order valence-electron chi connectivity index (χ3n) is 6.73. The van der Waals surface area contributed by atoms with Crippen LogP contribution in [0.25, 0.3) is 0 Å². The number of phenols is 1. The molecule has 0 radical (unpaired) electrons. The van der Waals surface area contributed by atoms with Gasteiger partial charge in [-0.1, -0.05) is 49.4 Å². The van der Waals surface area contributed by atoms with Crippen molar-refractivity contribution in [1.29, 1.82) is 0 Å². The second kappa shape index (κ2) is 11.5.